The lowest BCUT2D eigenvalue weighted by atomic mass is 9.80. The summed E-state index contributed by atoms with van der Waals surface area (Å²) in [5.74, 6) is 0.889. The Bertz CT molecular complexity index is 591. The van der Waals surface area contributed by atoms with Crippen LogP contribution in [0.15, 0.2) is 12.1 Å². The van der Waals surface area contributed by atoms with Crippen LogP contribution in [-0.2, 0) is 17.6 Å². The number of carbonyl (C=O) groups is 1. The highest BCUT2D eigenvalue weighted by Crippen LogP contribution is 2.42. The highest BCUT2D eigenvalue weighted by Gasteiger charge is 2.43. The highest BCUT2D eigenvalue weighted by atomic mass is 35.5. The second-order valence-electron chi connectivity index (χ2n) is 5.30. The van der Waals surface area contributed by atoms with Crippen LogP contribution in [0.1, 0.15) is 30.4 Å². The Kier molecular flexibility index (Phi) is 2.99. The first-order chi connectivity index (χ1) is 9.14. The maximum absolute atomic E-state index is 12.0. The van der Waals surface area contributed by atoms with Gasteiger partial charge in [-0.3, -0.25) is 4.79 Å². The summed E-state index contributed by atoms with van der Waals surface area (Å²) >= 11 is 6.12. The van der Waals surface area contributed by atoms with Crippen LogP contribution in [0.3, 0.4) is 0 Å². The molecule has 98 valence electrons. The summed E-state index contributed by atoms with van der Waals surface area (Å²) in [5.41, 5.74) is 1.11. The predicted octanol–water partition coefficient (Wildman–Crippen LogP) is 3.08. The molecule has 1 heterocycles. The summed E-state index contributed by atoms with van der Waals surface area (Å²) in [6.45, 7) is 0.649. The molecule has 0 aromatic heterocycles. The third kappa shape index (κ3) is 2.01. The van der Waals surface area contributed by atoms with Crippen molar-refractivity contribution in [2.75, 3.05) is 6.61 Å². The van der Waals surface area contributed by atoms with E-state index in [1.807, 2.05) is 12.1 Å². The highest BCUT2D eigenvalue weighted by molar-refractivity contribution is 6.30. The summed E-state index contributed by atoms with van der Waals surface area (Å²) in [6.07, 6.45) is 3.22. The number of benzene rings is 1. The van der Waals surface area contributed by atoms with Crippen molar-refractivity contribution < 1.29 is 9.53 Å². The summed E-state index contributed by atoms with van der Waals surface area (Å²) in [7, 11) is 0. The van der Waals surface area contributed by atoms with E-state index in [9.17, 15) is 10.1 Å². The Morgan fingerprint density at radius 1 is 1.42 bits per heavy atom. The Labute approximate surface area is 117 Å². The van der Waals surface area contributed by atoms with Crippen molar-refractivity contribution in [1.82, 2.24) is 0 Å². The van der Waals surface area contributed by atoms with Crippen molar-refractivity contribution >= 4 is 17.4 Å². The van der Waals surface area contributed by atoms with Crippen molar-refractivity contribution in [2.24, 2.45) is 5.41 Å². The Morgan fingerprint density at radius 2 is 2.26 bits per heavy atom. The van der Waals surface area contributed by atoms with E-state index in [2.05, 4.69) is 6.07 Å². The second kappa shape index (κ2) is 4.54. The van der Waals surface area contributed by atoms with Gasteiger partial charge >= 0.3 is 0 Å². The average Bonchev–Trinajstić information content (AvgIpc) is 2.97. The predicted molar refractivity (Wildman–Crippen MR) is 71.3 cm³/mol. The van der Waals surface area contributed by atoms with E-state index < -0.39 is 5.41 Å². The first-order valence-electron chi connectivity index (χ1n) is 6.53. The van der Waals surface area contributed by atoms with Gasteiger partial charge in [0.05, 0.1) is 12.7 Å². The van der Waals surface area contributed by atoms with E-state index in [1.54, 1.807) is 0 Å². The number of nitrogens with zero attached hydrogens (tertiary/aromatic N) is 1. The van der Waals surface area contributed by atoms with Gasteiger partial charge in [-0.05, 0) is 36.1 Å². The molecule has 1 aromatic rings. The third-order valence-electron chi connectivity index (χ3n) is 4.07. The molecule has 0 N–H and O–H groups in total. The van der Waals surface area contributed by atoms with Crippen LogP contribution in [-0.4, -0.2) is 12.4 Å². The first kappa shape index (κ1) is 12.5. The molecular formula is C15H14ClNO2. The lowest BCUT2D eigenvalue weighted by molar-refractivity contribution is -0.123. The Hall–Kier alpha value is -1.53. The number of rotatable bonds is 2. The zero-order chi connectivity index (χ0) is 13.5. The fourth-order valence-corrected chi connectivity index (χ4v) is 3.34. The van der Waals surface area contributed by atoms with Gasteiger partial charge in [-0.1, -0.05) is 11.6 Å². The average molecular weight is 276 g/mol. The molecule has 3 rings (SSSR count). The molecule has 1 saturated carbocycles. The van der Waals surface area contributed by atoms with Crippen LogP contribution in [0.5, 0.6) is 5.75 Å². The topological polar surface area (TPSA) is 50.1 Å². The smallest absolute Gasteiger partial charge is 0.153 e. The Morgan fingerprint density at radius 3 is 2.95 bits per heavy atom. The fourth-order valence-electron chi connectivity index (χ4n) is 3.08. The minimum Gasteiger partial charge on any atom is -0.493 e. The normalized spacial score (nSPS) is 24.9. The standard InChI is InChI=1S/C15H14ClNO2/c16-12-6-10-3-5-19-14(10)11(7-12)8-15(9-17)4-1-2-13(15)18/h6-7H,1-5,8H2. The zero-order valence-corrected chi connectivity index (χ0v) is 11.3. The molecule has 1 unspecified atom stereocenters. The van der Waals surface area contributed by atoms with E-state index in [-0.39, 0.29) is 5.78 Å². The molecule has 0 bridgehead atoms. The third-order valence-corrected chi connectivity index (χ3v) is 4.29. The number of Topliss-reactive ketones (excluding diaryl/α,β-unsaturated/α-hetero) is 1. The number of hydrogen-bond acceptors (Lipinski definition) is 3. The summed E-state index contributed by atoms with van der Waals surface area (Å²) in [6, 6.07) is 5.97. The molecule has 1 aliphatic carbocycles. The number of ketones is 1. The molecule has 0 spiro atoms. The molecule has 1 atom stereocenters. The van der Waals surface area contributed by atoms with Gasteiger partial charge in [-0.15, -0.1) is 0 Å². The molecule has 1 aliphatic heterocycles. The van der Waals surface area contributed by atoms with Gasteiger partial charge in [0.2, 0.25) is 0 Å². The number of carbonyl (C=O) groups excluding carboxylic acids is 1. The van der Waals surface area contributed by atoms with E-state index in [4.69, 9.17) is 16.3 Å². The quantitative estimate of drug-likeness (QED) is 0.833. The van der Waals surface area contributed by atoms with Crippen molar-refractivity contribution in [3.63, 3.8) is 0 Å². The largest absolute Gasteiger partial charge is 0.493 e. The van der Waals surface area contributed by atoms with Crippen LogP contribution in [0.4, 0.5) is 0 Å². The number of fused-ring (bicyclic) bond motifs is 1. The molecule has 2 aliphatic rings. The zero-order valence-electron chi connectivity index (χ0n) is 10.5. The van der Waals surface area contributed by atoms with Crippen molar-refractivity contribution in [1.29, 1.82) is 5.26 Å². The number of ether oxygens (including phenoxy) is 1. The Balaban J connectivity index is 2.00. The van der Waals surface area contributed by atoms with Gasteiger partial charge < -0.3 is 4.74 Å². The molecule has 1 aromatic carbocycles. The SMILES string of the molecule is N#CC1(Cc2cc(Cl)cc3c2OCC3)CCCC1=O. The molecular weight excluding hydrogens is 262 g/mol. The number of halogens is 1. The van der Waals surface area contributed by atoms with Gasteiger partial charge in [0, 0.05) is 24.3 Å². The first-order valence-corrected chi connectivity index (χ1v) is 6.91. The van der Waals surface area contributed by atoms with E-state index >= 15 is 0 Å². The van der Waals surface area contributed by atoms with Crippen LogP contribution in [0, 0.1) is 16.7 Å². The molecule has 19 heavy (non-hydrogen) atoms. The molecule has 0 amide bonds. The van der Waals surface area contributed by atoms with Gasteiger partial charge in [0.15, 0.2) is 5.78 Å². The van der Waals surface area contributed by atoms with Gasteiger partial charge in [0.25, 0.3) is 0 Å². The summed E-state index contributed by atoms with van der Waals surface area (Å²) in [5, 5.41) is 10.1. The van der Waals surface area contributed by atoms with Crippen molar-refractivity contribution in [3.8, 4) is 11.8 Å². The molecule has 0 saturated heterocycles. The van der Waals surface area contributed by atoms with Crippen LogP contribution < -0.4 is 4.74 Å². The second-order valence-corrected chi connectivity index (χ2v) is 5.74. The number of hydrogen-bond donors (Lipinski definition) is 0. The van der Waals surface area contributed by atoms with Crippen LogP contribution in [0.2, 0.25) is 5.02 Å². The molecule has 3 nitrogen and oxygen atoms in total. The van der Waals surface area contributed by atoms with Crippen molar-refractivity contribution in [3.05, 3.63) is 28.3 Å². The molecule has 4 heteroatoms. The van der Waals surface area contributed by atoms with Crippen molar-refractivity contribution in [2.45, 2.75) is 32.1 Å². The van der Waals surface area contributed by atoms with Gasteiger partial charge in [-0.2, -0.15) is 5.26 Å². The summed E-state index contributed by atoms with van der Waals surface area (Å²) < 4.78 is 5.64. The summed E-state index contributed by atoms with van der Waals surface area (Å²) in [4.78, 5) is 12.0. The number of nitriles is 1. The van der Waals surface area contributed by atoms with Gasteiger partial charge in [-0.25, -0.2) is 0 Å². The molecule has 0 radical (unpaired) electrons. The van der Waals surface area contributed by atoms with Crippen LogP contribution in [0.25, 0.3) is 0 Å². The minimum absolute atomic E-state index is 0.0572. The minimum atomic E-state index is -0.871. The van der Waals surface area contributed by atoms with E-state index in [0.29, 0.717) is 30.9 Å². The van der Waals surface area contributed by atoms with Gasteiger partial charge in [0.1, 0.15) is 11.2 Å². The lowest BCUT2D eigenvalue weighted by Gasteiger charge is -2.20. The van der Waals surface area contributed by atoms with E-state index in [1.165, 1.54) is 0 Å². The van der Waals surface area contributed by atoms with Crippen LogP contribution >= 0.6 is 11.6 Å². The monoisotopic (exact) mass is 275 g/mol. The molecule has 1 fully saturated rings. The maximum atomic E-state index is 12.0. The lowest BCUT2D eigenvalue weighted by Crippen LogP contribution is -2.26. The van der Waals surface area contributed by atoms with E-state index in [0.717, 1.165) is 29.7 Å². The maximum Gasteiger partial charge on any atom is 0.153 e. The fraction of sp³-hybridized carbons (Fsp3) is 0.467.